The largest absolute Gasteiger partial charge is 0.472 e. The summed E-state index contributed by atoms with van der Waals surface area (Å²) >= 11 is 0. The zero-order valence-electron chi connectivity index (χ0n) is 35.4. The number of phosphoric ester groups is 1. The number of hydrogen-bond acceptors (Lipinski definition) is 5. The lowest BCUT2D eigenvalue weighted by atomic mass is 10.1. The number of aliphatic hydroxyl groups is 1. The second-order valence-corrected chi connectivity index (χ2v) is 17.2. The Morgan fingerprint density at radius 3 is 1.65 bits per heavy atom. The average Bonchev–Trinajstić information content (AvgIpc) is 3.12. The number of nitrogens with zero attached hydrogens (tertiary/aromatic N) is 1. The Hall–Kier alpha value is -1.80. The molecule has 9 heteroatoms. The summed E-state index contributed by atoms with van der Waals surface area (Å²) in [6.07, 6.45) is 47.3. The summed E-state index contributed by atoms with van der Waals surface area (Å²) in [5, 5.41) is 13.7. The van der Waals surface area contributed by atoms with Crippen LogP contribution in [0.5, 0.6) is 0 Å². The van der Waals surface area contributed by atoms with Crippen LogP contribution in [0.15, 0.2) is 60.8 Å². The Morgan fingerprint density at radius 1 is 0.630 bits per heavy atom. The van der Waals surface area contributed by atoms with Gasteiger partial charge in [-0.05, 0) is 70.6 Å². The molecule has 0 aromatic heterocycles. The number of phosphoric acid groups is 1. The normalized spacial score (nSPS) is 15.0. The van der Waals surface area contributed by atoms with Crippen LogP contribution in [0.4, 0.5) is 0 Å². The minimum atomic E-state index is -4.34. The fraction of sp³-hybridized carbons (Fsp3) is 0.756. The van der Waals surface area contributed by atoms with E-state index in [0.717, 1.165) is 57.8 Å². The van der Waals surface area contributed by atoms with E-state index < -0.39 is 20.0 Å². The molecular formula is C45H84N2O6P+. The first-order valence-electron chi connectivity index (χ1n) is 21.7. The molecule has 3 N–H and O–H groups in total. The van der Waals surface area contributed by atoms with Crippen molar-refractivity contribution in [3.63, 3.8) is 0 Å². The van der Waals surface area contributed by atoms with Gasteiger partial charge in [0.25, 0.3) is 0 Å². The van der Waals surface area contributed by atoms with Crippen molar-refractivity contribution in [2.75, 3.05) is 40.9 Å². The lowest BCUT2D eigenvalue weighted by molar-refractivity contribution is -0.870. The number of carbonyl (C=O) groups excluding carboxylic acids is 1. The molecule has 0 saturated carbocycles. The van der Waals surface area contributed by atoms with E-state index in [1.165, 1.54) is 89.9 Å². The van der Waals surface area contributed by atoms with Gasteiger partial charge in [0, 0.05) is 6.42 Å². The van der Waals surface area contributed by atoms with Gasteiger partial charge in [0.05, 0.1) is 39.9 Å². The molecule has 0 aliphatic heterocycles. The Kier molecular flexibility index (Phi) is 35.6. The van der Waals surface area contributed by atoms with E-state index in [4.69, 9.17) is 9.05 Å². The second-order valence-electron chi connectivity index (χ2n) is 15.7. The van der Waals surface area contributed by atoms with E-state index in [0.29, 0.717) is 17.4 Å². The molecule has 0 rings (SSSR count). The van der Waals surface area contributed by atoms with Gasteiger partial charge in [-0.25, -0.2) is 4.57 Å². The SMILES string of the molecule is CCCCC/C=C/CC/C=C/C(O)C(COP(=O)(O)OCC[N+](C)(C)C)NC(=O)CCCCCCCCCC/C=C\C/C=C\C/C=C\CCCCCCC. The summed E-state index contributed by atoms with van der Waals surface area (Å²) in [4.78, 5) is 23.0. The zero-order chi connectivity index (χ0) is 40.0. The molecule has 0 fully saturated rings. The summed E-state index contributed by atoms with van der Waals surface area (Å²) in [7, 11) is 1.54. The van der Waals surface area contributed by atoms with E-state index in [9.17, 15) is 19.4 Å². The number of rotatable bonds is 38. The van der Waals surface area contributed by atoms with Gasteiger partial charge in [0.2, 0.25) is 5.91 Å². The smallest absolute Gasteiger partial charge is 0.387 e. The van der Waals surface area contributed by atoms with Crippen molar-refractivity contribution in [2.24, 2.45) is 0 Å². The predicted molar refractivity (Wildman–Crippen MR) is 230 cm³/mol. The number of unbranched alkanes of at least 4 members (excludes halogenated alkanes) is 17. The molecule has 314 valence electrons. The first kappa shape index (κ1) is 52.2. The second kappa shape index (κ2) is 36.8. The van der Waals surface area contributed by atoms with Gasteiger partial charge in [-0.1, -0.05) is 152 Å². The maximum atomic E-state index is 12.8. The van der Waals surface area contributed by atoms with Crippen LogP contribution in [0.3, 0.4) is 0 Å². The molecule has 54 heavy (non-hydrogen) atoms. The van der Waals surface area contributed by atoms with Gasteiger partial charge in [0.15, 0.2) is 0 Å². The summed E-state index contributed by atoms with van der Waals surface area (Å²) in [6, 6.07) is -0.867. The topological polar surface area (TPSA) is 105 Å². The molecule has 3 atom stereocenters. The van der Waals surface area contributed by atoms with Crippen molar-refractivity contribution in [2.45, 2.75) is 180 Å². The Morgan fingerprint density at radius 2 is 1.07 bits per heavy atom. The molecule has 0 aromatic carbocycles. The van der Waals surface area contributed by atoms with Crippen molar-refractivity contribution in [1.82, 2.24) is 5.32 Å². The summed E-state index contributed by atoms with van der Waals surface area (Å²) < 4.78 is 23.4. The number of amides is 1. The van der Waals surface area contributed by atoms with E-state index in [-0.39, 0.29) is 19.1 Å². The molecule has 0 radical (unpaired) electrons. The van der Waals surface area contributed by atoms with E-state index in [1.54, 1.807) is 6.08 Å². The van der Waals surface area contributed by atoms with Gasteiger partial charge in [-0.15, -0.1) is 0 Å². The standard InChI is InChI=1S/C45H83N2O6P/c1-6-8-10-12-14-16-17-18-19-20-21-22-23-24-25-26-27-28-29-31-33-35-37-39-45(49)46-43(42-53-54(50,51)52-41-40-47(3,4)5)44(48)38-36-34-32-30-15-13-11-9-7-2/h15,17-18,20-21,23-24,30,36,38,43-44,48H,6-14,16,19,22,25-29,31-35,37,39-42H2,1-5H3,(H-,46,49,50,51)/p+1/b18-17-,21-20-,24-23-,30-15+,38-36+. The lowest BCUT2D eigenvalue weighted by Gasteiger charge is -2.25. The monoisotopic (exact) mass is 780 g/mol. The Bertz CT molecular complexity index is 1060. The van der Waals surface area contributed by atoms with Crippen LogP contribution in [0.25, 0.3) is 0 Å². The number of carbonyl (C=O) groups is 1. The van der Waals surface area contributed by atoms with E-state index in [2.05, 4.69) is 67.8 Å². The molecular weight excluding hydrogens is 695 g/mol. The van der Waals surface area contributed by atoms with Crippen LogP contribution in [0.1, 0.15) is 168 Å². The van der Waals surface area contributed by atoms with Gasteiger partial charge in [-0.2, -0.15) is 0 Å². The highest BCUT2D eigenvalue weighted by Gasteiger charge is 2.27. The highest BCUT2D eigenvalue weighted by Crippen LogP contribution is 2.43. The highest BCUT2D eigenvalue weighted by molar-refractivity contribution is 7.47. The minimum absolute atomic E-state index is 0.0516. The zero-order valence-corrected chi connectivity index (χ0v) is 36.3. The quantitative estimate of drug-likeness (QED) is 0.0249. The average molecular weight is 780 g/mol. The van der Waals surface area contributed by atoms with Crippen LogP contribution in [-0.2, 0) is 18.4 Å². The molecule has 8 nitrogen and oxygen atoms in total. The molecule has 3 unspecified atom stereocenters. The first-order valence-corrected chi connectivity index (χ1v) is 23.2. The van der Waals surface area contributed by atoms with Crippen molar-refractivity contribution < 1.29 is 32.9 Å². The number of nitrogens with one attached hydrogen (secondary N) is 1. The number of allylic oxidation sites excluding steroid dienone is 9. The number of quaternary nitrogens is 1. The van der Waals surface area contributed by atoms with Crippen molar-refractivity contribution in [3.05, 3.63) is 60.8 Å². The maximum Gasteiger partial charge on any atom is 0.472 e. The summed E-state index contributed by atoms with van der Waals surface area (Å²) in [5.41, 5.74) is 0. The molecule has 0 bridgehead atoms. The van der Waals surface area contributed by atoms with Crippen molar-refractivity contribution in [3.8, 4) is 0 Å². The molecule has 0 heterocycles. The number of hydrogen-bond donors (Lipinski definition) is 3. The van der Waals surface area contributed by atoms with Gasteiger partial charge < -0.3 is 19.8 Å². The van der Waals surface area contributed by atoms with Crippen LogP contribution < -0.4 is 5.32 Å². The van der Waals surface area contributed by atoms with E-state index in [1.807, 2.05) is 27.2 Å². The molecule has 1 amide bonds. The highest BCUT2D eigenvalue weighted by atomic mass is 31.2. The molecule has 0 saturated heterocycles. The van der Waals surface area contributed by atoms with Crippen molar-refractivity contribution >= 4 is 13.7 Å². The van der Waals surface area contributed by atoms with Gasteiger partial charge in [0.1, 0.15) is 13.2 Å². The third-order valence-corrected chi connectivity index (χ3v) is 10.2. The molecule has 0 aliphatic carbocycles. The number of aliphatic hydroxyl groups excluding tert-OH is 1. The predicted octanol–water partition coefficient (Wildman–Crippen LogP) is 11.9. The third kappa shape index (κ3) is 38.5. The summed E-state index contributed by atoms with van der Waals surface area (Å²) in [5.74, 6) is -0.200. The fourth-order valence-corrected chi connectivity index (χ4v) is 6.44. The van der Waals surface area contributed by atoms with Crippen molar-refractivity contribution in [1.29, 1.82) is 0 Å². The number of likely N-dealkylation sites (N-methyl/N-ethyl adjacent to an activating group) is 1. The molecule has 0 aliphatic rings. The third-order valence-electron chi connectivity index (χ3n) is 9.21. The maximum absolute atomic E-state index is 12.8. The molecule has 0 aromatic rings. The fourth-order valence-electron chi connectivity index (χ4n) is 5.71. The van der Waals surface area contributed by atoms with Crippen LogP contribution in [-0.4, -0.2) is 73.4 Å². The Labute approximate surface area is 332 Å². The Balaban J connectivity index is 4.31. The molecule has 0 spiro atoms. The van der Waals surface area contributed by atoms with Gasteiger partial charge >= 0.3 is 7.82 Å². The van der Waals surface area contributed by atoms with Crippen LogP contribution in [0.2, 0.25) is 0 Å². The van der Waals surface area contributed by atoms with Crippen LogP contribution in [0, 0.1) is 0 Å². The van der Waals surface area contributed by atoms with Gasteiger partial charge in [-0.3, -0.25) is 13.8 Å². The first-order chi connectivity index (χ1) is 26.0. The van der Waals surface area contributed by atoms with E-state index >= 15 is 0 Å². The lowest BCUT2D eigenvalue weighted by Crippen LogP contribution is -2.45. The minimum Gasteiger partial charge on any atom is -0.387 e. The van der Waals surface area contributed by atoms with Crippen LogP contribution >= 0.6 is 7.82 Å². The summed E-state index contributed by atoms with van der Waals surface area (Å²) in [6.45, 7) is 4.70.